The minimum Gasteiger partial charge on any atom is -0.338 e. The van der Waals surface area contributed by atoms with Crippen LogP contribution in [0.3, 0.4) is 0 Å². The number of nitrogens with zero attached hydrogens (tertiary/aromatic N) is 1. The van der Waals surface area contributed by atoms with Gasteiger partial charge in [-0.15, -0.1) is 0 Å². The predicted molar refractivity (Wildman–Crippen MR) is 74.9 cm³/mol. The van der Waals surface area contributed by atoms with E-state index in [4.69, 9.17) is 0 Å². The van der Waals surface area contributed by atoms with Crippen molar-refractivity contribution in [3.05, 3.63) is 0 Å². The Morgan fingerprint density at radius 2 is 2.11 bits per heavy atom. The summed E-state index contributed by atoms with van der Waals surface area (Å²) in [7, 11) is 1.96. The van der Waals surface area contributed by atoms with Gasteiger partial charge in [0, 0.05) is 12.6 Å². The SMILES string of the molecule is CCNC(=O)NC(=O)C(C)N(C)C1CCCNCC1. The summed E-state index contributed by atoms with van der Waals surface area (Å²) < 4.78 is 0. The molecule has 110 valence electrons. The molecule has 0 saturated carbocycles. The summed E-state index contributed by atoms with van der Waals surface area (Å²) in [6, 6.07) is -0.328. The maximum atomic E-state index is 12.0. The molecular formula is C13H26N4O2. The van der Waals surface area contributed by atoms with E-state index in [1.54, 1.807) is 0 Å². The Hall–Kier alpha value is -1.14. The van der Waals surface area contributed by atoms with Crippen LogP contribution in [0.25, 0.3) is 0 Å². The van der Waals surface area contributed by atoms with Crippen LogP contribution in [-0.2, 0) is 4.79 Å². The third-order valence-electron chi connectivity index (χ3n) is 3.69. The maximum Gasteiger partial charge on any atom is 0.321 e. The highest BCUT2D eigenvalue weighted by atomic mass is 16.2. The van der Waals surface area contributed by atoms with Crippen molar-refractivity contribution in [3.63, 3.8) is 0 Å². The molecule has 1 aliphatic heterocycles. The second-order valence-electron chi connectivity index (χ2n) is 5.02. The quantitative estimate of drug-likeness (QED) is 0.687. The molecule has 0 aromatic heterocycles. The van der Waals surface area contributed by atoms with Crippen LogP contribution in [0, 0.1) is 0 Å². The van der Waals surface area contributed by atoms with Crippen molar-refractivity contribution in [3.8, 4) is 0 Å². The predicted octanol–water partition coefficient (Wildman–Crippen LogP) is 0.295. The van der Waals surface area contributed by atoms with Crippen LogP contribution < -0.4 is 16.0 Å². The highest BCUT2D eigenvalue weighted by Crippen LogP contribution is 2.14. The molecule has 6 nitrogen and oxygen atoms in total. The molecule has 0 spiro atoms. The molecular weight excluding hydrogens is 244 g/mol. The lowest BCUT2D eigenvalue weighted by atomic mass is 10.1. The van der Waals surface area contributed by atoms with Gasteiger partial charge in [-0.05, 0) is 53.2 Å². The van der Waals surface area contributed by atoms with Gasteiger partial charge in [0.25, 0.3) is 0 Å². The molecule has 0 aromatic rings. The number of carbonyl (C=O) groups excluding carboxylic acids is 2. The summed E-state index contributed by atoms with van der Waals surface area (Å²) in [6.07, 6.45) is 3.25. The molecule has 1 fully saturated rings. The van der Waals surface area contributed by atoms with Crippen LogP contribution in [0.2, 0.25) is 0 Å². The number of nitrogens with one attached hydrogen (secondary N) is 3. The summed E-state index contributed by atoms with van der Waals surface area (Å²) in [4.78, 5) is 25.4. The largest absolute Gasteiger partial charge is 0.338 e. The Morgan fingerprint density at radius 1 is 1.37 bits per heavy atom. The molecule has 1 saturated heterocycles. The smallest absolute Gasteiger partial charge is 0.321 e. The minimum absolute atomic E-state index is 0.245. The van der Waals surface area contributed by atoms with Gasteiger partial charge in [0.05, 0.1) is 6.04 Å². The number of rotatable bonds is 4. The zero-order chi connectivity index (χ0) is 14.3. The number of imide groups is 1. The Kier molecular flexibility index (Phi) is 6.80. The topological polar surface area (TPSA) is 73.5 Å². The van der Waals surface area contributed by atoms with Gasteiger partial charge < -0.3 is 10.6 Å². The average molecular weight is 270 g/mol. The zero-order valence-corrected chi connectivity index (χ0v) is 12.2. The molecule has 19 heavy (non-hydrogen) atoms. The van der Waals surface area contributed by atoms with E-state index in [0.717, 1.165) is 32.4 Å². The fraction of sp³-hybridized carbons (Fsp3) is 0.846. The molecule has 0 aliphatic carbocycles. The summed E-state index contributed by atoms with van der Waals surface area (Å²) >= 11 is 0. The van der Waals surface area contributed by atoms with Crippen molar-refractivity contribution in [1.29, 1.82) is 0 Å². The summed E-state index contributed by atoms with van der Waals surface area (Å²) in [6.45, 7) is 6.20. The summed E-state index contributed by atoms with van der Waals surface area (Å²) in [5.74, 6) is -0.245. The fourth-order valence-electron chi connectivity index (χ4n) is 2.33. The lowest BCUT2D eigenvalue weighted by molar-refractivity contribution is -0.125. The average Bonchev–Trinajstić information content (AvgIpc) is 2.66. The third-order valence-corrected chi connectivity index (χ3v) is 3.69. The van der Waals surface area contributed by atoms with Crippen molar-refractivity contribution in [1.82, 2.24) is 20.9 Å². The van der Waals surface area contributed by atoms with Crippen molar-refractivity contribution >= 4 is 11.9 Å². The van der Waals surface area contributed by atoms with Crippen LogP contribution in [0.1, 0.15) is 33.1 Å². The Bertz CT molecular complexity index is 301. The van der Waals surface area contributed by atoms with Gasteiger partial charge in [-0.1, -0.05) is 0 Å². The van der Waals surface area contributed by atoms with Gasteiger partial charge in [-0.3, -0.25) is 15.0 Å². The van der Waals surface area contributed by atoms with Gasteiger partial charge in [-0.2, -0.15) is 0 Å². The standard InChI is InChI=1S/C13H26N4O2/c1-4-15-13(19)16-12(18)10(2)17(3)11-6-5-8-14-9-7-11/h10-11,14H,4-9H2,1-3H3,(H2,15,16,18,19). The molecule has 0 radical (unpaired) electrons. The van der Waals surface area contributed by atoms with E-state index >= 15 is 0 Å². The van der Waals surface area contributed by atoms with Crippen LogP contribution in [0.4, 0.5) is 4.79 Å². The van der Waals surface area contributed by atoms with E-state index in [1.807, 2.05) is 20.9 Å². The molecule has 3 amide bonds. The minimum atomic E-state index is -0.421. The first-order chi connectivity index (χ1) is 9.06. The number of likely N-dealkylation sites (N-methyl/N-ethyl adjacent to an activating group) is 1. The van der Waals surface area contributed by atoms with Gasteiger partial charge in [-0.25, -0.2) is 4.79 Å². The fourth-order valence-corrected chi connectivity index (χ4v) is 2.33. The van der Waals surface area contributed by atoms with Crippen LogP contribution in [0.5, 0.6) is 0 Å². The second-order valence-corrected chi connectivity index (χ2v) is 5.02. The molecule has 1 rings (SSSR count). The van der Waals surface area contributed by atoms with E-state index < -0.39 is 6.03 Å². The number of hydrogen-bond acceptors (Lipinski definition) is 4. The molecule has 3 N–H and O–H groups in total. The van der Waals surface area contributed by atoms with Crippen LogP contribution >= 0.6 is 0 Å². The Labute approximate surface area is 115 Å². The second kappa shape index (κ2) is 8.12. The van der Waals surface area contributed by atoms with Gasteiger partial charge in [0.2, 0.25) is 5.91 Å². The van der Waals surface area contributed by atoms with E-state index in [9.17, 15) is 9.59 Å². The molecule has 2 atom stereocenters. The first-order valence-electron chi connectivity index (χ1n) is 7.07. The van der Waals surface area contributed by atoms with E-state index in [1.165, 1.54) is 0 Å². The molecule has 6 heteroatoms. The first kappa shape index (κ1) is 15.9. The number of hydrogen-bond donors (Lipinski definition) is 3. The van der Waals surface area contributed by atoms with Crippen molar-refractivity contribution in [2.24, 2.45) is 0 Å². The van der Waals surface area contributed by atoms with Gasteiger partial charge in [0.1, 0.15) is 0 Å². The Morgan fingerprint density at radius 3 is 2.79 bits per heavy atom. The van der Waals surface area contributed by atoms with Crippen LogP contribution in [0.15, 0.2) is 0 Å². The maximum absolute atomic E-state index is 12.0. The highest BCUT2D eigenvalue weighted by molar-refractivity contribution is 5.96. The molecule has 1 heterocycles. The lowest BCUT2D eigenvalue weighted by Crippen LogP contribution is -2.51. The van der Waals surface area contributed by atoms with Crippen LogP contribution in [-0.4, -0.2) is 55.6 Å². The Balaban J connectivity index is 2.47. The van der Waals surface area contributed by atoms with Crippen molar-refractivity contribution in [2.75, 3.05) is 26.7 Å². The third kappa shape index (κ3) is 5.16. The highest BCUT2D eigenvalue weighted by Gasteiger charge is 2.26. The van der Waals surface area contributed by atoms with E-state index in [0.29, 0.717) is 12.6 Å². The summed E-state index contributed by atoms with van der Waals surface area (Å²) in [5, 5.41) is 8.29. The number of urea groups is 1. The molecule has 1 aliphatic rings. The molecule has 0 aromatic carbocycles. The molecule has 2 unspecified atom stereocenters. The normalized spacial score (nSPS) is 21.6. The molecule has 0 bridgehead atoms. The monoisotopic (exact) mass is 270 g/mol. The number of carbonyl (C=O) groups is 2. The summed E-state index contributed by atoms with van der Waals surface area (Å²) in [5.41, 5.74) is 0. The lowest BCUT2D eigenvalue weighted by Gasteiger charge is -2.31. The first-order valence-corrected chi connectivity index (χ1v) is 7.07. The van der Waals surface area contributed by atoms with Gasteiger partial charge in [0.15, 0.2) is 0 Å². The van der Waals surface area contributed by atoms with E-state index in [2.05, 4.69) is 20.9 Å². The van der Waals surface area contributed by atoms with Gasteiger partial charge >= 0.3 is 6.03 Å². The zero-order valence-electron chi connectivity index (χ0n) is 12.2. The van der Waals surface area contributed by atoms with Crippen molar-refractivity contribution < 1.29 is 9.59 Å². The van der Waals surface area contributed by atoms with Crippen molar-refractivity contribution in [2.45, 2.75) is 45.2 Å². The number of amides is 3. The van der Waals surface area contributed by atoms with E-state index in [-0.39, 0.29) is 11.9 Å².